The number of rotatable bonds is 4. The van der Waals surface area contributed by atoms with Crippen molar-refractivity contribution < 1.29 is 18.7 Å². The molecule has 0 bridgehead atoms. The SMILES string of the molecule is Cc1occc1C(=O)OCC(=O)NC1(C#N)CCCC1. The van der Waals surface area contributed by atoms with Crippen molar-refractivity contribution in [2.24, 2.45) is 0 Å². The number of carbonyl (C=O) groups is 2. The Kier molecular flexibility index (Phi) is 4.08. The van der Waals surface area contributed by atoms with E-state index in [0.717, 1.165) is 12.8 Å². The zero-order valence-corrected chi connectivity index (χ0v) is 11.3. The van der Waals surface area contributed by atoms with E-state index < -0.39 is 24.0 Å². The fourth-order valence-corrected chi connectivity index (χ4v) is 2.35. The summed E-state index contributed by atoms with van der Waals surface area (Å²) in [6.45, 7) is 1.24. The number of furan rings is 1. The standard InChI is InChI=1S/C14H16N2O4/c1-10-11(4-7-19-10)13(18)20-8-12(17)16-14(9-15)5-2-3-6-14/h4,7H,2-3,5-6,8H2,1H3,(H,16,17). The molecule has 0 spiro atoms. The molecule has 1 aromatic rings. The number of hydrogen-bond acceptors (Lipinski definition) is 5. The van der Waals surface area contributed by atoms with Gasteiger partial charge >= 0.3 is 5.97 Å². The fourth-order valence-electron chi connectivity index (χ4n) is 2.35. The first-order chi connectivity index (χ1) is 9.56. The van der Waals surface area contributed by atoms with Gasteiger partial charge in [0, 0.05) is 0 Å². The Hall–Kier alpha value is -2.29. The van der Waals surface area contributed by atoms with Crippen LogP contribution in [0.25, 0.3) is 0 Å². The molecule has 0 atom stereocenters. The molecule has 0 aliphatic heterocycles. The maximum atomic E-state index is 11.8. The van der Waals surface area contributed by atoms with Crippen molar-refractivity contribution in [1.82, 2.24) is 5.32 Å². The van der Waals surface area contributed by atoms with E-state index >= 15 is 0 Å². The van der Waals surface area contributed by atoms with E-state index in [1.54, 1.807) is 6.92 Å². The molecule has 1 aliphatic carbocycles. The lowest BCUT2D eigenvalue weighted by Gasteiger charge is -2.21. The third-order valence-electron chi connectivity index (χ3n) is 3.46. The number of carbonyl (C=O) groups excluding carboxylic acids is 2. The van der Waals surface area contributed by atoms with Crippen molar-refractivity contribution >= 4 is 11.9 Å². The highest BCUT2D eigenvalue weighted by atomic mass is 16.5. The summed E-state index contributed by atoms with van der Waals surface area (Å²) in [5.41, 5.74) is -0.497. The summed E-state index contributed by atoms with van der Waals surface area (Å²) in [5, 5.41) is 11.8. The molecule has 1 saturated carbocycles. The third kappa shape index (κ3) is 2.99. The number of aryl methyl sites for hydroxylation is 1. The molecule has 0 saturated heterocycles. The maximum Gasteiger partial charge on any atom is 0.342 e. The topological polar surface area (TPSA) is 92.3 Å². The lowest BCUT2D eigenvalue weighted by molar-refractivity contribution is -0.125. The third-order valence-corrected chi connectivity index (χ3v) is 3.46. The van der Waals surface area contributed by atoms with Crippen molar-refractivity contribution in [3.8, 4) is 6.07 Å². The molecule has 106 valence electrons. The highest BCUT2D eigenvalue weighted by Crippen LogP contribution is 2.28. The average Bonchev–Trinajstić information content (AvgIpc) is 3.06. The summed E-state index contributed by atoms with van der Waals surface area (Å²) in [4.78, 5) is 23.4. The van der Waals surface area contributed by atoms with Crippen LogP contribution in [0.15, 0.2) is 16.7 Å². The maximum absolute atomic E-state index is 11.8. The predicted octanol–water partition coefficient (Wildman–Crippen LogP) is 1.70. The van der Waals surface area contributed by atoms with Crippen molar-refractivity contribution in [3.05, 3.63) is 23.7 Å². The van der Waals surface area contributed by atoms with Crippen molar-refractivity contribution in [2.75, 3.05) is 6.61 Å². The van der Waals surface area contributed by atoms with Crippen molar-refractivity contribution in [2.45, 2.75) is 38.1 Å². The van der Waals surface area contributed by atoms with Gasteiger partial charge in [0.1, 0.15) is 16.9 Å². The van der Waals surface area contributed by atoms with E-state index in [2.05, 4.69) is 11.4 Å². The van der Waals surface area contributed by atoms with Crippen molar-refractivity contribution in [1.29, 1.82) is 5.26 Å². The molecule has 0 radical (unpaired) electrons. The first-order valence-corrected chi connectivity index (χ1v) is 6.50. The summed E-state index contributed by atoms with van der Waals surface area (Å²) in [7, 11) is 0. The molecule has 20 heavy (non-hydrogen) atoms. The van der Waals surface area contributed by atoms with Gasteiger partial charge < -0.3 is 14.5 Å². The molecular formula is C14H16N2O4. The van der Waals surface area contributed by atoms with E-state index in [1.807, 2.05) is 0 Å². The molecule has 6 nitrogen and oxygen atoms in total. The van der Waals surface area contributed by atoms with Gasteiger partial charge in [0.25, 0.3) is 5.91 Å². The van der Waals surface area contributed by atoms with E-state index in [9.17, 15) is 9.59 Å². The van der Waals surface area contributed by atoms with Crippen molar-refractivity contribution in [3.63, 3.8) is 0 Å². The van der Waals surface area contributed by atoms with Crippen LogP contribution < -0.4 is 5.32 Å². The molecule has 0 aromatic carbocycles. The minimum Gasteiger partial charge on any atom is -0.469 e. The van der Waals surface area contributed by atoms with E-state index in [0.29, 0.717) is 24.2 Å². The van der Waals surface area contributed by atoms with Gasteiger partial charge in [-0.3, -0.25) is 4.79 Å². The van der Waals surface area contributed by atoms with Gasteiger partial charge in [0.05, 0.1) is 12.3 Å². The Balaban J connectivity index is 1.85. The van der Waals surface area contributed by atoms with Crippen LogP contribution in [0.5, 0.6) is 0 Å². The summed E-state index contributed by atoms with van der Waals surface area (Å²) in [6, 6.07) is 3.63. The smallest absolute Gasteiger partial charge is 0.342 e. The summed E-state index contributed by atoms with van der Waals surface area (Å²) >= 11 is 0. The quantitative estimate of drug-likeness (QED) is 0.845. The molecule has 0 unspecified atom stereocenters. The lowest BCUT2D eigenvalue weighted by atomic mass is 10.00. The first-order valence-electron chi connectivity index (χ1n) is 6.50. The zero-order chi connectivity index (χ0) is 14.6. The number of esters is 1. The largest absolute Gasteiger partial charge is 0.469 e. The Bertz CT molecular complexity index is 550. The minimum atomic E-state index is -0.797. The Morgan fingerprint density at radius 3 is 2.75 bits per heavy atom. The van der Waals surface area contributed by atoms with Crippen LogP contribution in [0.4, 0.5) is 0 Å². The summed E-state index contributed by atoms with van der Waals surface area (Å²) in [6.07, 6.45) is 4.51. The molecular weight excluding hydrogens is 260 g/mol. The summed E-state index contributed by atoms with van der Waals surface area (Å²) < 4.78 is 9.90. The lowest BCUT2D eigenvalue weighted by Crippen LogP contribution is -2.46. The van der Waals surface area contributed by atoms with Gasteiger partial charge in [-0.05, 0) is 38.7 Å². The molecule has 1 aromatic heterocycles. The van der Waals surface area contributed by atoms with Crippen LogP contribution >= 0.6 is 0 Å². The second kappa shape index (κ2) is 5.78. The number of nitrogens with zero attached hydrogens (tertiary/aromatic N) is 1. The number of hydrogen-bond donors (Lipinski definition) is 1. The van der Waals surface area contributed by atoms with Crippen LogP contribution in [0.2, 0.25) is 0 Å². The van der Waals surface area contributed by atoms with Gasteiger partial charge in [-0.15, -0.1) is 0 Å². The molecule has 2 rings (SSSR count). The van der Waals surface area contributed by atoms with Gasteiger partial charge in [0.15, 0.2) is 6.61 Å². The normalized spacial score (nSPS) is 16.4. The number of nitriles is 1. The fraction of sp³-hybridized carbons (Fsp3) is 0.500. The highest BCUT2D eigenvalue weighted by molar-refractivity contribution is 5.92. The van der Waals surface area contributed by atoms with Crippen LogP contribution in [-0.2, 0) is 9.53 Å². The number of ether oxygens (including phenoxy) is 1. The van der Waals surface area contributed by atoms with Crippen LogP contribution in [0.1, 0.15) is 41.8 Å². The van der Waals surface area contributed by atoms with Crippen LogP contribution in [0, 0.1) is 18.3 Å². The summed E-state index contributed by atoms with van der Waals surface area (Å²) in [5.74, 6) is -0.619. The van der Waals surface area contributed by atoms with Crippen LogP contribution in [-0.4, -0.2) is 24.0 Å². The average molecular weight is 276 g/mol. The monoisotopic (exact) mass is 276 g/mol. The van der Waals surface area contributed by atoms with Crippen LogP contribution in [0.3, 0.4) is 0 Å². The zero-order valence-electron chi connectivity index (χ0n) is 11.3. The first kappa shape index (κ1) is 14.1. The second-order valence-corrected chi connectivity index (χ2v) is 4.92. The second-order valence-electron chi connectivity index (χ2n) is 4.92. The molecule has 1 fully saturated rings. The number of nitrogens with one attached hydrogen (secondary N) is 1. The van der Waals surface area contributed by atoms with E-state index in [4.69, 9.17) is 14.4 Å². The molecule has 1 N–H and O–H groups in total. The molecule has 6 heteroatoms. The minimum absolute atomic E-state index is 0.300. The Morgan fingerprint density at radius 2 is 2.20 bits per heavy atom. The van der Waals surface area contributed by atoms with Gasteiger partial charge in [0.2, 0.25) is 0 Å². The Labute approximate surface area is 116 Å². The molecule has 1 heterocycles. The van der Waals surface area contributed by atoms with E-state index in [1.165, 1.54) is 12.3 Å². The van der Waals surface area contributed by atoms with Gasteiger partial charge in [-0.2, -0.15) is 5.26 Å². The molecule has 1 aliphatic rings. The Morgan fingerprint density at radius 1 is 1.50 bits per heavy atom. The van der Waals surface area contributed by atoms with Gasteiger partial charge in [-0.25, -0.2) is 4.79 Å². The highest BCUT2D eigenvalue weighted by Gasteiger charge is 2.35. The predicted molar refractivity (Wildman–Crippen MR) is 68.7 cm³/mol. The number of amides is 1. The molecule has 1 amide bonds. The van der Waals surface area contributed by atoms with E-state index in [-0.39, 0.29) is 0 Å². The van der Waals surface area contributed by atoms with Gasteiger partial charge in [-0.1, -0.05) is 0 Å².